The topological polar surface area (TPSA) is 71.3 Å². The molecule has 21 heavy (non-hydrogen) atoms. The minimum absolute atomic E-state index is 0.0280. The van der Waals surface area contributed by atoms with Crippen LogP contribution in [0.1, 0.15) is 18.1 Å². The van der Waals surface area contributed by atoms with Gasteiger partial charge in [-0.25, -0.2) is 0 Å². The van der Waals surface area contributed by atoms with Crippen LogP contribution < -0.4 is 5.32 Å². The van der Waals surface area contributed by atoms with Crippen LogP contribution in [-0.2, 0) is 17.4 Å². The fourth-order valence-corrected chi connectivity index (χ4v) is 1.36. The zero-order valence-electron chi connectivity index (χ0n) is 11.8. The van der Waals surface area contributed by atoms with Crippen LogP contribution >= 0.6 is 0 Å². The van der Waals surface area contributed by atoms with Crippen molar-refractivity contribution in [3.63, 3.8) is 0 Å². The van der Waals surface area contributed by atoms with E-state index in [4.69, 9.17) is 0 Å². The van der Waals surface area contributed by atoms with E-state index in [1.165, 1.54) is 6.08 Å². The van der Waals surface area contributed by atoms with Crippen molar-refractivity contribution in [1.29, 1.82) is 0 Å². The second-order valence-electron chi connectivity index (χ2n) is 4.57. The SMILES string of the molecule is CN(C)C/C=C/C(=O)NCCCc1noc(C(F)(F)F)n1. The first-order valence-corrected chi connectivity index (χ1v) is 6.28. The molecule has 0 saturated heterocycles. The summed E-state index contributed by atoms with van der Waals surface area (Å²) >= 11 is 0. The predicted octanol–water partition coefficient (Wildman–Crippen LogP) is 1.25. The highest BCUT2D eigenvalue weighted by Gasteiger charge is 2.38. The number of aromatic nitrogens is 2. The molecule has 0 radical (unpaired) electrons. The Morgan fingerprint density at radius 1 is 1.43 bits per heavy atom. The van der Waals surface area contributed by atoms with E-state index in [9.17, 15) is 18.0 Å². The molecule has 6 nitrogen and oxygen atoms in total. The lowest BCUT2D eigenvalue weighted by molar-refractivity contribution is -0.159. The fourth-order valence-electron chi connectivity index (χ4n) is 1.36. The van der Waals surface area contributed by atoms with Crippen molar-refractivity contribution < 1.29 is 22.5 Å². The molecular formula is C12H17F3N4O2. The maximum atomic E-state index is 12.2. The fraction of sp³-hybridized carbons (Fsp3) is 0.583. The molecule has 1 aromatic rings. The van der Waals surface area contributed by atoms with Crippen molar-refractivity contribution >= 4 is 5.91 Å². The van der Waals surface area contributed by atoms with Gasteiger partial charge in [0.1, 0.15) is 0 Å². The number of rotatable bonds is 7. The summed E-state index contributed by atoms with van der Waals surface area (Å²) in [6.45, 7) is 0.970. The molecule has 1 amide bonds. The minimum atomic E-state index is -4.63. The molecule has 0 bridgehead atoms. The van der Waals surface area contributed by atoms with E-state index in [0.29, 0.717) is 19.5 Å². The number of aryl methyl sites for hydroxylation is 1. The highest BCUT2D eigenvalue weighted by Crippen LogP contribution is 2.27. The number of hydrogen-bond donors (Lipinski definition) is 1. The average molecular weight is 306 g/mol. The van der Waals surface area contributed by atoms with Crippen LogP contribution in [0.15, 0.2) is 16.7 Å². The molecule has 0 atom stereocenters. The van der Waals surface area contributed by atoms with Gasteiger partial charge in [-0.05, 0) is 20.5 Å². The first-order valence-electron chi connectivity index (χ1n) is 6.28. The Labute approximate surface area is 120 Å². The van der Waals surface area contributed by atoms with E-state index in [0.717, 1.165) is 0 Å². The molecular weight excluding hydrogens is 289 g/mol. The third-order valence-corrected chi connectivity index (χ3v) is 2.33. The maximum Gasteiger partial charge on any atom is 0.471 e. The highest BCUT2D eigenvalue weighted by molar-refractivity contribution is 5.87. The Balaban J connectivity index is 2.24. The van der Waals surface area contributed by atoms with E-state index in [-0.39, 0.29) is 18.2 Å². The van der Waals surface area contributed by atoms with Gasteiger partial charge in [0.2, 0.25) is 5.91 Å². The summed E-state index contributed by atoms with van der Waals surface area (Å²) in [6, 6.07) is 0. The van der Waals surface area contributed by atoms with Crippen LogP contribution in [0, 0.1) is 0 Å². The van der Waals surface area contributed by atoms with Crippen LogP contribution in [0.4, 0.5) is 13.2 Å². The highest BCUT2D eigenvalue weighted by atomic mass is 19.4. The summed E-state index contributed by atoms with van der Waals surface area (Å²) in [7, 11) is 3.75. The van der Waals surface area contributed by atoms with Gasteiger partial charge in [0, 0.05) is 25.6 Å². The number of amides is 1. The van der Waals surface area contributed by atoms with Gasteiger partial charge in [-0.2, -0.15) is 18.2 Å². The molecule has 0 aromatic carbocycles. The standard InChI is InChI=1S/C12H17F3N4O2/c1-19(2)8-4-6-10(20)16-7-3-5-9-17-11(21-18-9)12(13,14)15/h4,6H,3,5,7-8H2,1-2H3,(H,16,20)/b6-4+. The Hall–Kier alpha value is -1.90. The van der Waals surface area contributed by atoms with Gasteiger partial charge in [0.15, 0.2) is 5.82 Å². The number of carbonyl (C=O) groups is 1. The number of likely N-dealkylation sites (N-methyl/N-ethyl adjacent to an activating group) is 1. The largest absolute Gasteiger partial charge is 0.471 e. The summed E-state index contributed by atoms with van der Waals surface area (Å²) in [5.41, 5.74) is 0. The quantitative estimate of drug-likeness (QED) is 0.606. The van der Waals surface area contributed by atoms with Gasteiger partial charge in [-0.3, -0.25) is 4.79 Å². The molecule has 9 heteroatoms. The number of nitrogens with one attached hydrogen (secondary N) is 1. The molecule has 0 unspecified atom stereocenters. The summed E-state index contributed by atoms with van der Waals surface area (Å²) in [5.74, 6) is -1.63. The minimum Gasteiger partial charge on any atom is -0.353 e. The van der Waals surface area contributed by atoms with Gasteiger partial charge in [0.25, 0.3) is 0 Å². The van der Waals surface area contributed by atoms with Gasteiger partial charge in [-0.15, -0.1) is 0 Å². The molecule has 0 spiro atoms. The van der Waals surface area contributed by atoms with Crippen LogP contribution in [0.3, 0.4) is 0 Å². The molecule has 0 aliphatic carbocycles. The van der Waals surface area contributed by atoms with Gasteiger partial charge in [-0.1, -0.05) is 11.2 Å². The number of nitrogens with zero attached hydrogens (tertiary/aromatic N) is 3. The lowest BCUT2D eigenvalue weighted by Crippen LogP contribution is -2.23. The average Bonchev–Trinajstić information content (AvgIpc) is 2.83. The number of hydrogen-bond acceptors (Lipinski definition) is 5. The zero-order chi connectivity index (χ0) is 15.9. The van der Waals surface area contributed by atoms with Crippen molar-refractivity contribution in [2.45, 2.75) is 19.0 Å². The van der Waals surface area contributed by atoms with Crippen molar-refractivity contribution in [3.05, 3.63) is 23.9 Å². The summed E-state index contributed by atoms with van der Waals surface area (Å²) in [5, 5.41) is 5.84. The zero-order valence-corrected chi connectivity index (χ0v) is 11.8. The Kier molecular flexibility index (Phi) is 6.35. The molecule has 0 aliphatic heterocycles. The first kappa shape index (κ1) is 17.2. The summed E-state index contributed by atoms with van der Waals surface area (Å²) in [6.07, 6.45) is -0.887. The molecule has 1 heterocycles. The lowest BCUT2D eigenvalue weighted by Gasteiger charge is -2.04. The smallest absolute Gasteiger partial charge is 0.353 e. The van der Waals surface area contributed by atoms with Crippen LogP contribution in [-0.4, -0.2) is 48.1 Å². The van der Waals surface area contributed by atoms with E-state index in [1.54, 1.807) is 6.08 Å². The van der Waals surface area contributed by atoms with Crippen molar-refractivity contribution in [3.8, 4) is 0 Å². The van der Waals surface area contributed by atoms with Crippen molar-refractivity contribution in [2.24, 2.45) is 0 Å². The Bertz CT molecular complexity index is 483. The first-order chi connectivity index (χ1) is 9.79. The molecule has 1 rings (SSSR count). The van der Waals surface area contributed by atoms with Crippen LogP contribution in [0.25, 0.3) is 0 Å². The van der Waals surface area contributed by atoms with Gasteiger partial charge in [0.05, 0.1) is 0 Å². The molecule has 1 aromatic heterocycles. The van der Waals surface area contributed by atoms with Crippen LogP contribution in [0.2, 0.25) is 0 Å². The Morgan fingerprint density at radius 3 is 2.71 bits per heavy atom. The van der Waals surface area contributed by atoms with Crippen molar-refractivity contribution in [1.82, 2.24) is 20.4 Å². The normalized spacial score (nSPS) is 12.3. The second kappa shape index (κ2) is 7.77. The summed E-state index contributed by atoms with van der Waals surface area (Å²) < 4.78 is 40.7. The van der Waals surface area contributed by atoms with E-state index in [1.807, 2.05) is 19.0 Å². The number of carbonyl (C=O) groups excluding carboxylic acids is 1. The molecule has 118 valence electrons. The third-order valence-electron chi connectivity index (χ3n) is 2.33. The maximum absolute atomic E-state index is 12.2. The molecule has 0 fully saturated rings. The molecule has 1 N–H and O–H groups in total. The molecule has 0 aliphatic rings. The lowest BCUT2D eigenvalue weighted by atomic mass is 10.3. The number of halogens is 3. The number of alkyl halides is 3. The van der Waals surface area contributed by atoms with E-state index < -0.39 is 12.1 Å². The van der Waals surface area contributed by atoms with E-state index >= 15 is 0 Å². The Morgan fingerprint density at radius 2 is 2.14 bits per heavy atom. The van der Waals surface area contributed by atoms with Gasteiger partial charge < -0.3 is 14.7 Å². The van der Waals surface area contributed by atoms with Crippen molar-refractivity contribution in [2.75, 3.05) is 27.2 Å². The second-order valence-corrected chi connectivity index (χ2v) is 4.57. The van der Waals surface area contributed by atoms with E-state index in [2.05, 4.69) is 20.0 Å². The monoisotopic (exact) mass is 306 g/mol. The predicted molar refractivity (Wildman–Crippen MR) is 68.3 cm³/mol. The summed E-state index contributed by atoms with van der Waals surface area (Å²) in [4.78, 5) is 16.5. The van der Waals surface area contributed by atoms with Gasteiger partial charge >= 0.3 is 12.1 Å². The van der Waals surface area contributed by atoms with Crippen LogP contribution in [0.5, 0.6) is 0 Å². The molecule has 0 saturated carbocycles. The third kappa shape index (κ3) is 6.89.